The minimum atomic E-state index is -4.34. The summed E-state index contributed by atoms with van der Waals surface area (Å²) in [5.41, 5.74) is 0.286. The molecule has 5 nitrogen and oxygen atoms in total. The van der Waals surface area contributed by atoms with Crippen molar-refractivity contribution in [2.24, 2.45) is 0 Å². The van der Waals surface area contributed by atoms with E-state index in [1.54, 1.807) is 17.5 Å². The van der Waals surface area contributed by atoms with Gasteiger partial charge in [0.2, 0.25) is 5.65 Å². The van der Waals surface area contributed by atoms with Crippen molar-refractivity contribution in [2.45, 2.75) is 13.1 Å². The van der Waals surface area contributed by atoms with Gasteiger partial charge in [-0.2, -0.15) is 13.2 Å². The van der Waals surface area contributed by atoms with Gasteiger partial charge in [0.05, 0.1) is 0 Å². The van der Waals surface area contributed by atoms with Gasteiger partial charge in [-0.15, -0.1) is 21.8 Å². The molecule has 0 unspecified atom stereocenters. The molecule has 2 aromatic heterocycles. The number of hydrogen-bond donors (Lipinski definition) is 0. The van der Waals surface area contributed by atoms with Crippen LogP contribution in [0.25, 0.3) is 5.65 Å². The van der Waals surface area contributed by atoms with Crippen molar-refractivity contribution < 1.29 is 13.2 Å². The molecule has 0 spiro atoms. The lowest BCUT2D eigenvalue weighted by Crippen LogP contribution is -2.36. The first-order valence-corrected chi connectivity index (χ1v) is 6.00. The fourth-order valence-electron chi connectivity index (χ4n) is 1.73. The van der Waals surface area contributed by atoms with Crippen LogP contribution in [-0.2, 0) is 0 Å². The first-order valence-electron chi connectivity index (χ1n) is 5.46. The summed E-state index contributed by atoms with van der Waals surface area (Å²) in [5.74, 6) is 0.768. The van der Waals surface area contributed by atoms with Crippen LogP contribution in [0.15, 0.2) is 12.4 Å². The third-order valence-corrected chi connectivity index (χ3v) is 2.67. The average molecular weight is 294 g/mol. The van der Waals surface area contributed by atoms with Crippen LogP contribution in [0.2, 0.25) is 0 Å². The molecule has 0 fully saturated rings. The lowest BCUT2D eigenvalue weighted by atomic mass is 10.4. The summed E-state index contributed by atoms with van der Waals surface area (Å²) < 4.78 is 39.3. The van der Waals surface area contributed by atoms with Crippen molar-refractivity contribution >= 4 is 23.1 Å². The van der Waals surface area contributed by atoms with Gasteiger partial charge < -0.3 is 4.90 Å². The van der Waals surface area contributed by atoms with Crippen molar-refractivity contribution in [3.8, 4) is 0 Å². The summed E-state index contributed by atoms with van der Waals surface area (Å²) in [6, 6.07) is 0. The van der Waals surface area contributed by atoms with Gasteiger partial charge in [0.15, 0.2) is 5.82 Å². The zero-order valence-corrected chi connectivity index (χ0v) is 10.8. The first kappa shape index (κ1) is 13.9. The number of fused-ring (bicyclic) bond motifs is 1. The molecule has 0 radical (unpaired) electrons. The van der Waals surface area contributed by atoms with Crippen molar-refractivity contribution in [1.82, 2.24) is 19.6 Å². The molecule has 0 bridgehead atoms. The van der Waals surface area contributed by atoms with Crippen LogP contribution in [0.4, 0.5) is 19.0 Å². The number of aromatic nitrogens is 4. The van der Waals surface area contributed by atoms with Crippen molar-refractivity contribution in [3.63, 3.8) is 0 Å². The van der Waals surface area contributed by atoms with Crippen LogP contribution >= 0.6 is 11.6 Å². The van der Waals surface area contributed by atoms with Crippen LogP contribution in [-0.4, -0.2) is 44.7 Å². The zero-order chi connectivity index (χ0) is 14.0. The van der Waals surface area contributed by atoms with Gasteiger partial charge in [0, 0.05) is 24.8 Å². The second-order valence-corrected chi connectivity index (χ2v) is 4.30. The van der Waals surface area contributed by atoms with E-state index in [1.165, 1.54) is 6.20 Å². The molecular formula is C10H11ClF3N5. The van der Waals surface area contributed by atoms with Gasteiger partial charge in [-0.3, -0.25) is 4.40 Å². The van der Waals surface area contributed by atoms with Crippen LogP contribution in [0, 0.1) is 6.92 Å². The van der Waals surface area contributed by atoms with E-state index in [0.29, 0.717) is 5.82 Å². The van der Waals surface area contributed by atoms with E-state index in [2.05, 4.69) is 15.2 Å². The summed E-state index contributed by atoms with van der Waals surface area (Å²) in [4.78, 5) is 5.02. The summed E-state index contributed by atoms with van der Waals surface area (Å²) in [5, 5.41) is 7.68. The third-order valence-electron chi connectivity index (χ3n) is 2.50. The highest BCUT2D eigenvalue weighted by molar-refractivity contribution is 6.18. The molecule has 2 aromatic rings. The largest absolute Gasteiger partial charge is 0.405 e. The fraction of sp³-hybridized carbons (Fsp3) is 0.500. The number of hydrogen-bond acceptors (Lipinski definition) is 4. The normalized spacial score (nSPS) is 12.1. The van der Waals surface area contributed by atoms with Crippen LogP contribution in [0.3, 0.4) is 0 Å². The highest BCUT2D eigenvalue weighted by Gasteiger charge is 2.32. The number of aryl methyl sites for hydroxylation is 1. The maximum absolute atomic E-state index is 12.6. The summed E-state index contributed by atoms with van der Waals surface area (Å²) in [6.07, 6.45) is -1.33. The Balaban J connectivity index is 2.44. The number of nitrogens with zero attached hydrogens (tertiary/aromatic N) is 5. The number of alkyl halides is 4. The third kappa shape index (κ3) is 3.06. The summed E-state index contributed by atoms with van der Waals surface area (Å²) in [7, 11) is 0. The summed E-state index contributed by atoms with van der Waals surface area (Å²) >= 11 is 5.55. The molecule has 2 rings (SSSR count). The van der Waals surface area contributed by atoms with Gasteiger partial charge in [0.25, 0.3) is 0 Å². The molecule has 19 heavy (non-hydrogen) atoms. The molecule has 104 valence electrons. The topological polar surface area (TPSA) is 46.3 Å². The van der Waals surface area contributed by atoms with Crippen molar-refractivity contribution in [1.29, 1.82) is 0 Å². The molecule has 9 heteroatoms. The Hall–Kier alpha value is -1.57. The van der Waals surface area contributed by atoms with Gasteiger partial charge in [0.1, 0.15) is 12.4 Å². The maximum atomic E-state index is 12.6. The van der Waals surface area contributed by atoms with E-state index in [-0.39, 0.29) is 23.9 Å². The Morgan fingerprint density at radius 1 is 1.37 bits per heavy atom. The molecule has 2 heterocycles. The molecule has 0 N–H and O–H groups in total. The predicted octanol–water partition coefficient (Wildman–Crippen LogP) is 2.04. The average Bonchev–Trinajstić information content (AvgIpc) is 2.69. The molecular weight excluding hydrogens is 283 g/mol. The first-order chi connectivity index (χ1) is 8.92. The van der Waals surface area contributed by atoms with E-state index in [0.717, 1.165) is 4.90 Å². The SMILES string of the molecule is Cc1nnc2c(N(CCCl)CC(F)(F)F)nccn12. The lowest BCUT2D eigenvalue weighted by molar-refractivity contribution is -0.119. The van der Waals surface area contributed by atoms with Crippen molar-refractivity contribution in [2.75, 3.05) is 23.9 Å². The highest BCUT2D eigenvalue weighted by Crippen LogP contribution is 2.23. The van der Waals surface area contributed by atoms with E-state index < -0.39 is 12.7 Å². The van der Waals surface area contributed by atoms with Crippen LogP contribution in [0.5, 0.6) is 0 Å². The van der Waals surface area contributed by atoms with E-state index in [9.17, 15) is 13.2 Å². The number of halogens is 4. The Labute approximate surface area is 112 Å². The predicted molar refractivity (Wildman–Crippen MR) is 64.5 cm³/mol. The van der Waals surface area contributed by atoms with Crippen LogP contribution < -0.4 is 4.90 Å². The standard InChI is InChI=1S/C10H11ClF3N5/c1-7-16-17-9-8(15-3-5-19(7)9)18(4-2-11)6-10(12,13)14/h3,5H,2,4,6H2,1H3. The van der Waals surface area contributed by atoms with Gasteiger partial charge in [-0.05, 0) is 6.92 Å². The lowest BCUT2D eigenvalue weighted by Gasteiger charge is -2.23. The van der Waals surface area contributed by atoms with Gasteiger partial charge >= 0.3 is 6.18 Å². The molecule has 0 amide bonds. The molecule has 0 saturated carbocycles. The minimum absolute atomic E-state index is 0.0274. The molecule has 0 aliphatic carbocycles. The molecule has 0 aliphatic rings. The molecule has 0 aliphatic heterocycles. The Kier molecular flexibility index (Phi) is 3.79. The van der Waals surface area contributed by atoms with Gasteiger partial charge in [-0.25, -0.2) is 4.98 Å². The molecule has 0 aromatic carbocycles. The monoisotopic (exact) mass is 293 g/mol. The van der Waals surface area contributed by atoms with E-state index in [4.69, 9.17) is 11.6 Å². The van der Waals surface area contributed by atoms with Gasteiger partial charge in [-0.1, -0.05) is 0 Å². The molecule has 0 saturated heterocycles. The van der Waals surface area contributed by atoms with Crippen LogP contribution in [0.1, 0.15) is 5.82 Å². The number of anilines is 1. The zero-order valence-electron chi connectivity index (χ0n) is 10.0. The van der Waals surface area contributed by atoms with E-state index >= 15 is 0 Å². The smallest absolute Gasteiger partial charge is 0.343 e. The Bertz CT molecular complexity index is 568. The molecule has 0 atom stereocenters. The Morgan fingerprint density at radius 3 is 2.74 bits per heavy atom. The second-order valence-electron chi connectivity index (χ2n) is 3.92. The number of rotatable bonds is 4. The van der Waals surface area contributed by atoms with E-state index in [1.807, 2.05) is 0 Å². The summed E-state index contributed by atoms with van der Waals surface area (Å²) in [6.45, 7) is 0.609. The fourth-order valence-corrected chi connectivity index (χ4v) is 1.93. The maximum Gasteiger partial charge on any atom is 0.405 e. The van der Waals surface area contributed by atoms with Crippen molar-refractivity contribution in [3.05, 3.63) is 18.2 Å². The minimum Gasteiger partial charge on any atom is -0.343 e. The highest BCUT2D eigenvalue weighted by atomic mass is 35.5. The quantitative estimate of drug-likeness (QED) is 0.809. The second kappa shape index (κ2) is 5.20. The Morgan fingerprint density at radius 2 is 2.11 bits per heavy atom.